The van der Waals surface area contributed by atoms with Crippen molar-refractivity contribution in [3.63, 3.8) is 0 Å². The van der Waals surface area contributed by atoms with Crippen LogP contribution < -0.4 is 0 Å². The van der Waals surface area contributed by atoms with Gasteiger partial charge >= 0.3 is 0 Å². The first-order valence-corrected chi connectivity index (χ1v) is 4.70. The fourth-order valence-electron chi connectivity index (χ4n) is 1.25. The first kappa shape index (κ1) is 10.3. The Balaban J connectivity index is 2.68. The molecule has 0 amide bonds. The molecule has 74 valence electrons. The third kappa shape index (κ3) is 2.56. The third-order valence-electron chi connectivity index (χ3n) is 2.23. The fourth-order valence-corrected chi connectivity index (χ4v) is 1.25. The Morgan fingerprint density at radius 1 is 1.46 bits per heavy atom. The van der Waals surface area contributed by atoms with Crippen LogP contribution in [0.25, 0.3) is 0 Å². The minimum atomic E-state index is -0.307. The van der Waals surface area contributed by atoms with Gasteiger partial charge in [0.25, 0.3) is 0 Å². The Hall–Kier alpha value is -0.830. The summed E-state index contributed by atoms with van der Waals surface area (Å²) in [7, 11) is 0. The number of nitrogens with zero attached hydrogens (tertiary/aromatic N) is 2. The highest BCUT2D eigenvalue weighted by Gasteiger charge is 2.11. The van der Waals surface area contributed by atoms with Crippen molar-refractivity contribution in [2.45, 2.75) is 40.3 Å². The standard InChI is InChI=1S/C10H18N2O/c1-7(2)10(13)6-12-9(4)5-8(3)11-12/h5,7,10,13H,6H2,1-4H3. The van der Waals surface area contributed by atoms with Crippen molar-refractivity contribution in [2.24, 2.45) is 5.92 Å². The molecule has 1 aromatic heterocycles. The lowest BCUT2D eigenvalue weighted by atomic mass is 10.1. The first-order chi connectivity index (χ1) is 6.00. The highest BCUT2D eigenvalue weighted by Crippen LogP contribution is 2.07. The molecule has 0 aromatic carbocycles. The largest absolute Gasteiger partial charge is 0.391 e. The normalized spacial score (nSPS) is 13.7. The Kier molecular flexibility index (Phi) is 3.09. The smallest absolute Gasteiger partial charge is 0.0759 e. The molecule has 1 heterocycles. The van der Waals surface area contributed by atoms with Crippen LogP contribution in [0.1, 0.15) is 25.2 Å². The zero-order valence-electron chi connectivity index (χ0n) is 8.78. The number of hydrogen-bond acceptors (Lipinski definition) is 2. The minimum Gasteiger partial charge on any atom is -0.391 e. The summed E-state index contributed by atoms with van der Waals surface area (Å²) in [6, 6.07) is 2.02. The van der Waals surface area contributed by atoms with Crippen LogP contribution in [-0.4, -0.2) is 21.0 Å². The van der Waals surface area contributed by atoms with Gasteiger partial charge in [-0.15, -0.1) is 0 Å². The molecule has 1 rings (SSSR count). The van der Waals surface area contributed by atoms with Crippen LogP contribution >= 0.6 is 0 Å². The van der Waals surface area contributed by atoms with Gasteiger partial charge in [0.2, 0.25) is 0 Å². The molecule has 0 saturated heterocycles. The maximum Gasteiger partial charge on any atom is 0.0759 e. The summed E-state index contributed by atoms with van der Waals surface area (Å²) in [5.41, 5.74) is 2.12. The van der Waals surface area contributed by atoms with Crippen LogP contribution in [0.2, 0.25) is 0 Å². The monoisotopic (exact) mass is 182 g/mol. The number of aryl methyl sites for hydroxylation is 2. The summed E-state index contributed by atoms with van der Waals surface area (Å²) >= 11 is 0. The lowest BCUT2D eigenvalue weighted by Crippen LogP contribution is -2.23. The maximum atomic E-state index is 9.65. The van der Waals surface area contributed by atoms with Crippen LogP contribution in [-0.2, 0) is 6.54 Å². The summed E-state index contributed by atoms with van der Waals surface area (Å²) in [6.07, 6.45) is -0.307. The first-order valence-electron chi connectivity index (χ1n) is 4.70. The van der Waals surface area contributed by atoms with E-state index in [1.807, 2.05) is 38.4 Å². The van der Waals surface area contributed by atoms with Gasteiger partial charge in [-0.1, -0.05) is 13.8 Å². The van der Waals surface area contributed by atoms with E-state index in [1.165, 1.54) is 0 Å². The summed E-state index contributed by atoms with van der Waals surface area (Å²) < 4.78 is 1.86. The van der Waals surface area contributed by atoms with Crippen molar-refractivity contribution in [3.8, 4) is 0 Å². The molecule has 0 fully saturated rings. The molecular formula is C10H18N2O. The van der Waals surface area contributed by atoms with Crippen LogP contribution in [0.4, 0.5) is 0 Å². The summed E-state index contributed by atoms with van der Waals surface area (Å²) in [4.78, 5) is 0. The van der Waals surface area contributed by atoms with E-state index in [0.717, 1.165) is 11.4 Å². The second-order valence-electron chi connectivity index (χ2n) is 3.92. The average molecular weight is 182 g/mol. The lowest BCUT2D eigenvalue weighted by Gasteiger charge is -2.15. The number of aromatic nitrogens is 2. The van der Waals surface area contributed by atoms with Gasteiger partial charge in [0, 0.05) is 5.69 Å². The van der Waals surface area contributed by atoms with Gasteiger partial charge < -0.3 is 5.11 Å². The molecule has 1 atom stereocenters. The topological polar surface area (TPSA) is 38.0 Å². The van der Waals surface area contributed by atoms with E-state index >= 15 is 0 Å². The van der Waals surface area contributed by atoms with Crippen molar-refractivity contribution in [2.75, 3.05) is 0 Å². The Labute approximate surface area is 79.4 Å². The third-order valence-corrected chi connectivity index (χ3v) is 2.23. The van der Waals surface area contributed by atoms with Crippen molar-refractivity contribution in [3.05, 3.63) is 17.5 Å². The fraction of sp³-hybridized carbons (Fsp3) is 0.700. The number of hydrogen-bond donors (Lipinski definition) is 1. The predicted octanol–water partition coefficient (Wildman–Crippen LogP) is 1.52. The maximum absolute atomic E-state index is 9.65. The Morgan fingerprint density at radius 3 is 2.46 bits per heavy atom. The lowest BCUT2D eigenvalue weighted by molar-refractivity contribution is 0.102. The van der Waals surface area contributed by atoms with E-state index in [-0.39, 0.29) is 12.0 Å². The molecule has 13 heavy (non-hydrogen) atoms. The van der Waals surface area contributed by atoms with Crippen molar-refractivity contribution in [1.82, 2.24) is 9.78 Å². The number of aliphatic hydroxyl groups excluding tert-OH is 1. The second kappa shape index (κ2) is 3.92. The van der Waals surface area contributed by atoms with E-state index in [0.29, 0.717) is 6.54 Å². The van der Waals surface area contributed by atoms with Gasteiger partial charge in [0.15, 0.2) is 0 Å². The average Bonchev–Trinajstić information content (AvgIpc) is 2.30. The van der Waals surface area contributed by atoms with E-state index < -0.39 is 0 Å². The zero-order chi connectivity index (χ0) is 10.0. The molecule has 0 aliphatic heterocycles. The molecule has 1 unspecified atom stereocenters. The number of rotatable bonds is 3. The van der Waals surface area contributed by atoms with Gasteiger partial charge in [-0.3, -0.25) is 4.68 Å². The van der Waals surface area contributed by atoms with Crippen molar-refractivity contribution in [1.29, 1.82) is 0 Å². The Morgan fingerprint density at radius 2 is 2.08 bits per heavy atom. The van der Waals surface area contributed by atoms with E-state index in [9.17, 15) is 5.11 Å². The SMILES string of the molecule is Cc1cc(C)n(CC(O)C(C)C)n1. The van der Waals surface area contributed by atoms with Gasteiger partial charge in [0.05, 0.1) is 18.3 Å². The molecule has 0 aliphatic carbocycles. The van der Waals surface area contributed by atoms with Crippen molar-refractivity contribution < 1.29 is 5.11 Å². The van der Waals surface area contributed by atoms with E-state index in [4.69, 9.17) is 0 Å². The second-order valence-corrected chi connectivity index (χ2v) is 3.92. The van der Waals surface area contributed by atoms with Gasteiger partial charge in [-0.25, -0.2) is 0 Å². The van der Waals surface area contributed by atoms with Gasteiger partial charge in [-0.05, 0) is 25.8 Å². The highest BCUT2D eigenvalue weighted by atomic mass is 16.3. The molecule has 1 aromatic rings. The highest BCUT2D eigenvalue weighted by molar-refractivity contribution is 5.06. The predicted molar refractivity (Wildman–Crippen MR) is 52.5 cm³/mol. The van der Waals surface area contributed by atoms with Crippen LogP contribution in [0, 0.1) is 19.8 Å². The minimum absolute atomic E-state index is 0.281. The molecule has 0 radical (unpaired) electrons. The zero-order valence-corrected chi connectivity index (χ0v) is 8.78. The van der Waals surface area contributed by atoms with Gasteiger partial charge in [-0.2, -0.15) is 5.10 Å². The van der Waals surface area contributed by atoms with Crippen LogP contribution in [0.15, 0.2) is 6.07 Å². The quantitative estimate of drug-likeness (QED) is 0.769. The number of aliphatic hydroxyl groups is 1. The molecule has 0 aliphatic rings. The van der Waals surface area contributed by atoms with E-state index in [1.54, 1.807) is 0 Å². The summed E-state index contributed by atoms with van der Waals surface area (Å²) in [5.74, 6) is 0.281. The molecule has 3 heteroatoms. The molecule has 0 bridgehead atoms. The van der Waals surface area contributed by atoms with Crippen molar-refractivity contribution >= 4 is 0 Å². The molecular weight excluding hydrogens is 164 g/mol. The summed E-state index contributed by atoms with van der Waals surface area (Å²) in [5, 5.41) is 13.9. The van der Waals surface area contributed by atoms with Gasteiger partial charge in [0.1, 0.15) is 0 Å². The molecule has 0 saturated carbocycles. The Bertz CT molecular complexity index is 278. The van der Waals surface area contributed by atoms with Crippen LogP contribution in [0.3, 0.4) is 0 Å². The van der Waals surface area contributed by atoms with Crippen LogP contribution in [0.5, 0.6) is 0 Å². The molecule has 1 N–H and O–H groups in total. The molecule has 0 spiro atoms. The molecule has 3 nitrogen and oxygen atoms in total. The summed E-state index contributed by atoms with van der Waals surface area (Å²) in [6.45, 7) is 8.59. The van der Waals surface area contributed by atoms with E-state index in [2.05, 4.69) is 5.10 Å².